The smallest absolute Gasteiger partial charge is 0.344 e. The molecule has 1 aliphatic rings. The number of carbonyl (C=O) groups excluding carboxylic acids is 2. The molecule has 0 saturated carbocycles. The zero-order chi connectivity index (χ0) is 20.5. The van der Waals surface area contributed by atoms with Crippen molar-refractivity contribution in [1.82, 2.24) is 0 Å². The molecule has 0 fully saturated rings. The van der Waals surface area contributed by atoms with E-state index in [4.69, 9.17) is 32.7 Å². The maximum atomic E-state index is 12.6. The second-order valence-corrected chi connectivity index (χ2v) is 7.83. The number of Topliss-reactive ketones (excluding diaryl/α,β-unsaturated/α-hetero) is 1. The van der Waals surface area contributed by atoms with E-state index in [0.29, 0.717) is 37.0 Å². The van der Waals surface area contributed by atoms with Crippen LogP contribution in [0.1, 0.15) is 26.3 Å². The lowest BCUT2D eigenvalue weighted by Crippen LogP contribution is -2.09. The van der Waals surface area contributed by atoms with E-state index in [1.165, 1.54) is 6.07 Å². The minimum absolute atomic E-state index is 0.124. The first-order chi connectivity index (χ1) is 13.9. The predicted molar refractivity (Wildman–Crippen MR) is 115 cm³/mol. The van der Waals surface area contributed by atoms with Gasteiger partial charge in [0.2, 0.25) is 5.78 Å². The van der Waals surface area contributed by atoms with Crippen molar-refractivity contribution >= 4 is 57.0 Å². The van der Waals surface area contributed by atoms with Crippen LogP contribution >= 0.6 is 39.1 Å². The van der Waals surface area contributed by atoms with Gasteiger partial charge in [-0.05, 0) is 64.0 Å². The van der Waals surface area contributed by atoms with Gasteiger partial charge in [-0.25, -0.2) is 4.79 Å². The van der Waals surface area contributed by atoms with Crippen LogP contribution in [0, 0.1) is 0 Å². The van der Waals surface area contributed by atoms with Gasteiger partial charge in [-0.3, -0.25) is 4.79 Å². The summed E-state index contributed by atoms with van der Waals surface area (Å²) in [4.78, 5) is 25.0. The maximum absolute atomic E-state index is 12.6. The second-order valence-electron chi connectivity index (χ2n) is 6.13. The van der Waals surface area contributed by atoms with Gasteiger partial charge in [0.05, 0.1) is 11.1 Å². The third-order valence-electron chi connectivity index (χ3n) is 4.19. The molecule has 0 spiro atoms. The number of fused-ring (bicyclic) bond motifs is 1. The van der Waals surface area contributed by atoms with Crippen LogP contribution in [-0.2, 0) is 0 Å². The Kier molecular flexibility index (Phi) is 5.46. The molecule has 0 unspecified atom stereocenters. The van der Waals surface area contributed by atoms with Crippen molar-refractivity contribution in [3.8, 4) is 11.5 Å². The Morgan fingerprint density at radius 3 is 2.59 bits per heavy atom. The van der Waals surface area contributed by atoms with Crippen LogP contribution in [0.3, 0.4) is 0 Å². The Hall–Kier alpha value is -2.60. The molecule has 3 aromatic rings. The number of rotatable bonds is 3. The Morgan fingerprint density at radius 1 is 1.03 bits per heavy atom. The Labute approximate surface area is 184 Å². The molecule has 0 saturated heterocycles. The second kappa shape index (κ2) is 8.03. The van der Waals surface area contributed by atoms with E-state index in [1.807, 2.05) is 0 Å². The van der Waals surface area contributed by atoms with Gasteiger partial charge in [0.1, 0.15) is 11.5 Å². The highest BCUT2D eigenvalue weighted by Gasteiger charge is 2.28. The molecule has 29 heavy (non-hydrogen) atoms. The summed E-state index contributed by atoms with van der Waals surface area (Å²) < 4.78 is 11.7. The summed E-state index contributed by atoms with van der Waals surface area (Å²) in [7, 11) is 0. The van der Waals surface area contributed by atoms with E-state index < -0.39 is 5.97 Å². The summed E-state index contributed by atoms with van der Waals surface area (Å²) in [5.41, 5.74) is 1.37. The van der Waals surface area contributed by atoms with Crippen molar-refractivity contribution in [2.75, 3.05) is 0 Å². The first-order valence-corrected chi connectivity index (χ1v) is 9.97. The highest BCUT2D eigenvalue weighted by Crippen LogP contribution is 2.36. The van der Waals surface area contributed by atoms with Crippen LogP contribution in [0.5, 0.6) is 11.5 Å². The molecule has 0 atom stereocenters. The number of ether oxygens (including phenoxy) is 2. The molecule has 4 nitrogen and oxygen atoms in total. The van der Waals surface area contributed by atoms with Crippen molar-refractivity contribution in [2.24, 2.45) is 0 Å². The van der Waals surface area contributed by atoms with Crippen LogP contribution in [0.25, 0.3) is 6.08 Å². The molecule has 3 aromatic carbocycles. The fourth-order valence-electron chi connectivity index (χ4n) is 2.78. The lowest BCUT2D eigenvalue weighted by Gasteiger charge is -2.07. The topological polar surface area (TPSA) is 52.6 Å². The highest BCUT2D eigenvalue weighted by molar-refractivity contribution is 9.10. The normalized spacial score (nSPS) is 13.9. The maximum Gasteiger partial charge on any atom is 0.344 e. The number of benzene rings is 3. The molecule has 1 aliphatic heterocycles. The zero-order valence-electron chi connectivity index (χ0n) is 14.6. The monoisotopic (exact) mass is 488 g/mol. The fourth-order valence-corrected chi connectivity index (χ4v) is 3.69. The lowest BCUT2D eigenvalue weighted by molar-refractivity contribution is 0.0733. The third-order valence-corrected chi connectivity index (χ3v) is 5.45. The number of hydrogen-bond donors (Lipinski definition) is 0. The molecule has 4 rings (SSSR count). The van der Waals surface area contributed by atoms with Gasteiger partial charge in [0.15, 0.2) is 5.76 Å². The van der Waals surface area contributed by atoms with Crippen molar-refractivity contribution in [3.05, 3.63) is 97.6 Å². The van der Waals surface area contributed by atoms with Crippen molar-refractivity contribution in [2.45, 2.75) is 0 Å². The van der Waals surface area contributed by atoms with Gasteiger partial charge < -0.3 is 9.47 Å². The first kappa shape index (κ1) is 19.7. The molecule has 0 amide bonds. The van der Waals surface area contributed by atoms with Crippen molar-refractivity contribution < 1.29 is 19.1 Å². The summed E-state index contributed by atoms with van der Waals surface area (Å²) >= 11 is 15.4. The quantitative estimate of drug-likeness (QED) is 0.236. The lowest BCUT2D eigenvalue weighted by atomic mass is 10.1. The summed E-state index contributed by atoms with van der Waals surface area (Å²) in [5, 5.41) is 0.899. The molecule has 0 bridgehead atoms. The fraction of sp³-hybridized carbons (Fsp3) is 0. The molecule has 1 heterocycles. The number of allylic oxidation sites excluding steroid dienone is 1. The number of halogens is 3. The van der Waals surface area contributed by atoms with Crippen LogP contribution in [-0.4, -0.2) is 11.8 Å². The molecule has 144 valence electrons. The van der Waals surface area contributed by atoms with Crippen LogP contribution in [0.2, 0.25) is 10.0 Å². The molecule has 7 heteroatoms. The largest absolute Gasteiger partial charge is 0.452 e. The molecule has 0 aliphatic carbocycles. The summed E-state index contributed by atoms with van der Waals surface area (Å²) in [5.74, 6) is -0.106. The summed E-state index contributed by atoms with van der Waals surface area (Å²) in [6.45, 7) is 0. The van der Waals surface area contributed by atoms with E-state index >= 15 is 0 Å². The van der Waals surface area contributed by atoms with Crippen LogP contribution in [0.15, 0.2) is 70.9 Å². The van der Waals surface area contributed by atoms with Crippen molar-refractivity contribution in [3.63, 3.8) is 0 Å². The average Bonchev–Trinajstić information content (AvgIpc) is 2.99. The van der Waals surface area contributed by atoms with E-state index in [1.54, 1.807) is 60.7 Å². The van der Waals surface area contributed by atoms with E-state index in [9.17, 15) is 9.59 Å². The van der Waals surface area contributed by atoms with Gasteiger partial charge in [0, 0.05) is 20.6 Å². The average molecular weight is 490 g/mol. The van der Waals surface area contributed by atoms with E-state index in [-0.39, 0.29) is 17.3 Å². The Balaban J connectivity index is 1.58. The SMILES string of the molecule is O=C(Oc1ccc2c(c1)O/C(=C\c1ccc(Cl)cc1Cl)C2=O)c1ccccc1Br. The molecule has 0 aromatic heterocycles. The molecular weight excluding hydrogens is 479 g/mol. The summed E-state index contributed by atoms with van der Waals surface area (Å²) in [6.07, 6.45) is 1.55. The number of carbonyl (C=O) groups is 2. The molecule has 0 N–H and O–H groups in total. The minimum atomic E-state index is -0.523. The number of ketones is 1. The van der Waals surface area contributed by atoms with Gasteiger partial charge in [0.25, 0.3) is 0 Å². The zero-order valence-corrected chi connectivity index (χ0v) is 17.7. The van der Waals surface area contributed by atoms with Crippen LogP contribution in [0.4, 0.5) is 0 Å². The number of hydrogen-bond acceptors (Lipinski definition) is 4. The van der Waals surface area contributed by atoms with Crippen molar-refractivity contribution in [1.29, 1.82) is 0 Å². The van der Waals surface area contributed by atoms with E-state index in [0.717, 1.165) is 0 Å². The predicted octanol–water partition coefficient (Wildman–Crippen LogP) is 6.59. The van der Waals surface area contributed by atoms with Gasteiger partial charge in [-0.2, -0.15) is 0 Å². The Morgan fingerprint density at radius 2 is 1.83 bits per heavy atom. The van der Waals surface area contributed by atoms with Gasteiger partial charge in [-0.15, -0.1) is 0 Å². The number of esters is 1. The minimum Gasteiger partial charge on any atom is -0.452 e. The molecule has 0 radical (unpaired) electrons. The highest BCUT2D eigenvalue weighted by atomic mass is 79.9. The van der Waals surface area contributed by atoms with E-state index in [2.05, 4.69) is 15.9 Å². The van der Waals surface area contributed by atoms with Crippen LogP contribution < -0.4 is 9.47 Å². The first-order valence-electron chi connectivity index (χ1n) is 8.42. The Bertz CT molecular complexity index is 1190. The van der Waals surface area contributed by atoms with Gasteiger partial charge in [-0.1, -0.05) is 41.4 Å². The molecular formula is C22H11BrCl2O4. The summed E-state index contributed by atoms with van der Waals surface area (Å²) in [6, 6.07) is 16.5. The van der Waals surface area contributed by atoms with Gasteiger partial charge >= 0.3 is 5.97 Å². The standard InChI is InChI=1S/C22H11BrCl2O4/c23-17-4-2-1-3-15(17)22(27)28-14-7-8-16-19(11-14)29-20(21(16)26)9-12-5-6-13(24)10-18(12)25/h1-11H/b20-9-. The third kappa shape index (κ3) is 4.08.